The normalized spacial score (nSPS) is 11.8. The molecule has 1 aromatic carbocycles. The fourth-order valence-electron chi connectivity index (χ4n) is 1.57. The molecule has 2 rings (SSSR count). The Morgan fingerprint density at radius 3 is 2.55 bits per heavy atom. The fraction of sp³-hybridized carbons (Fsp3) is 0.167. The number of hydrogen-bond acceptors (Lipinski definition) is 4. The maximum Gasteiger partial charge on any atom is 0.240 e. The molecule has 3 N–H and O–H groups in total. The van der Waals surface area contributed by atoms with Gasteiger partial charge in [-0.2, -0.15) is 0 Å². The molecule has 0 unspecified atom stereocenters. The van der Waals surface area contributed by atoms with E-state index in [0.717, 1.165) is 4.88 Å². The third kappa shape index (κ3) is 3.72. The van der Waals surface area contributed by atoms with Gasteiger partial charge in [0.1, 0.15) is 0 Å². The maximum absolute atomic E-state index is 12.2. The number of nitrogens with two attached hydrogens (primary N) is 1. The van der Waals surface area contributed by atoms with Gasteiger partial charge in [0.2, 0.25) is 10.0 Å². The van der Waals surface area contributed by atoms with Crippen LogP contribution in [-0.2, 0) is 23.1 Å². The third-order valence-corrected chi connectivity index (χ3v) is 5.61. The van der Waals surface area contributed by atoms with Gasteiger partial charge < -0.3 is 5.73 Å². The molecule has 2 aromatic rings. The molecule has 1 aromatic heterocycles. The van der Waals surface area contributed by atoms with E-state index in [1.54, 1.807) is 12.1 Å². The summed E-state index contributed by atoms with van der Waals surface area (Å²) in [5.74, 6) is 0. The van der Waals surface area contributed by atoms with Gasteiger partial charge in [0, 0.05) is 23.0 Å². The summed E-state index contributed by atoms with van der Waals surface area (Å²) in [5.41, 5.74) is 6.11. The van der Waals surface area contributed by atoms with Crippen LogP contribution in [0, 0.1) is 0 Å². The van der Waals surface area contributed by atoms with Gasteiger partial charge >= 0.3 is 0 Å². The van der Waals surface area contributed by atoms with Gasteiger partial charge in [0.15, 0.2) is 0 Å². The average Bonchev–Trinajstić information content (AvgIpc) is 2.83. The Balaban J connectivity index is 2.17. The van der Waals surface area contributed by atoms with Crippen molar-refractivity contribution in [2.45, 2.75) is 18.0 Å². The van der Waals surface area contributed by atoms with Crippen molar-refractivity contribution >= 4 is 44.6 Å². The summed E-state index contributed by atoms with van der Waals surface area (Å²) in [6, 6.07) is 7.96. The Bertz CT molecular complexity index is 714. The van der Waals surface area contributed by atoms with E-state index in [2.05, 4.69) is 4.72 Å². The summed E-state index contributed by atoms with van der Waals surface area (Å²) in [4.78, 5) is 0.983. The van der Waals surface area contributed by atoms with Crippen molar-refractivity contribution in [3.63, 3.8) is 0 Å². The molecule has 0 saturated carbocycles. The van der Waals surface area contributed by atoms with Crippen molar-refractivity contribution in [2.75, 3.05) is 0 Å². The fourth-order valence-corrected chi connectivity index (χ4v) is 3.94. The first-order chi connectivity index (χ1) is 9.42. The highest BCUT2D eigenvalue weighted by molar-refractivity contribution is 7.89. The van der Waals surface area contributed by atoms with E-state index in [1.807, 2.05) is 0 Å². The van der Waals surface area contributed by atoms with Crippen LogP contribution in [0.25, 0.3) is 0 Å². The largest absolute Gasteiger partial charge is 0.326 e. The predicted molar refractivity (Wildman–Crippen MR) is 82.7 cm³/mol. The molecule has 0 aliphatic rings. The first kappa shape index (κ1) is 15.8. The zero-order chi connectivity index (χ0) is 14.8. The Labute approximate surface area is 131 Å². The molecule has 8 heteroatoms. The number of thiophene rings is 1. The van der Waals surface area contributed by atoms with Crippen molar-refractivity contribution in [1.82, 2.24) is 4.72 Å². The topological polar surface area (TPSA) is 72.2 Å². The molecule has 108 valence electrons. The van der Waals surface area contributed by atoms with Gasteiger partial charge in [-0.3, -0.25) is 0 Å². The highest BCUT2D eigenvalue weighted by Gasteiger charge is 2.15. The van der Waals surface area contributed by atoms with E-state index in [-0.39, 0.29) is 18.0 Å². The summed E-state index contributed by atoms with van der Waals surface area (Å²) >= 11 is 13.0. The van der Waals surface area contributed by atoms with Gasteiger partial charge in [0.05, 0.1) is 9.23 Å². The minimum atomic E-state index is -3.60. The molecule has 0 aliphatic heterocycles. The zero-order valence-corrected chi connectivity index (χ0v) is 13.4. The van der Waals surface area contributed by atoms with Gasteiger partial charge in [-0.15, -0.1) is 11.3 Å². The minimum Gasteiger partial charge on any atom is -0.326 e. The zero-order valence-electron chi connectivity index (χ0n) is 10.3. The molecule has 0 bridgehead atoms. The summed E-state index contributed by atoms with van der Waals surface area (Å²) in [5, 5.41) is 0.455. The van der Waals surface area contributed by atoms with Gasteiger partial charge in [0.25, 0.3) is 0 Å². The van der Waals surface area contributed by atoms with E-state index in [0.29, 0.717) is 14.9 Å². The van der Waals surface area contributed by atoms with Crippen molar-refractivity contribution in [3.05, 3.63) is 50.1 Å². The van der Waals surface area contributed by atoms with Crippen molar-refractivity contribution in [2.24, 2.45) is 5.73 Å². The van der Waals surface area contributed by atoms with Crippen LogP contribution in [0.1, 0.15) is 10.4 Å². The molecule has 0 atom stereocenters. The lowest BCUT2D eigenvalue weighted by atomic mass is 10.2. The SMILES string of the molecule is NCc1cc(S(=O)(=O)NCc2ccc(Cl)s2)ccc1Cl. The number of nitrogens with one attached hydrogen (secondary N) is 1. The highest BCUT2D eigenvalue weighted by Crippen LogP contribution is 2.23. The second kappa shape index (κ2) is 6.43. The first-order valence-electron chi connectivity index (χ1n) is 5.65. The average molecular weight is 351 g/mol. The lowest BCUT2D eigenvalue weighted by Crippen LogP contribution is -2.23. The van der Waals surface area contributed by atoms with E-state index < -0.39 is 10.0 Å². The standard InChI is InChI=1S/C12H12Cl2N2O2S2/c13-11-3-2-10(5-8(11)6-15)20(17,18)16-7-9-1-4-12(14)19-9/h1-5,16H,6-7,15H2. The lowest BCUT2D eigenvalue weighted by molar-refractivity contribution is 0.581. The van der Waals surface area contributed by atoms with Gasteiger partial charge in [-0.05, 0) is 35.9 Å². The quantitative estimate of drug-likeness (QED) is 0.870. The summed E-state index contributed by atoms with van der Waals surface area (Å²) in [6.07, 6.45) is 0. The molecule has 0 aliphatic carbocycles. The number of rotatable bonds is 5. The van der Waals surface area contributed by atoms with E-state index >= 15 is 0 Å². The lowest BCUT2D eigenvalue weighted by Gasteiger charge is -2.08. The number of halogens is 2. The molecule has 0 fully saturated rings. The Morgan fingerprint density at radius 2 is 1.95 bits per heavy atom. The second-order valence-electron chi connectivity index (χ2n) is 3.99. The molecule has 1 heterocycles. The first-order valence-corrected chi connectivity index (χ1v) is 8.70. The van der Waals surface area contributed by atoms with E-state index in [4.69, 9.17) is 28.9 Å². The van der Waals surface area contributed by atoms with Crippen LogP contribution in [0.5, 0.6) is 0 Å². The molecular formula is C12H12Cl2N2O2S2. The maximum atomic E-state index is 12.2. The third-order valence-electron chi connectivity index (χ3n) is 2.61. The van der Waals surface area contributed by atoms with Crippen LogP contribution in [0.3, 0.4) is 0 Å². The van der Waals surface area contributed by atoms with Crippen LogP contribution >= 0.6 is 34.5 Å². The van der Waals surface area contributed by atoms with E-state index in [9.17, 15) is 8.42 Å². The monoisotopic (exact) mass is 350 g/mol. The number of hydrogen-bond donors (Lipinski definition) is 2. The Kier molecular flexibility index (Phi) is 5.06. The summed E-state index contributed by atoms with van der Waals surface area (Å²) in [7, 11) is -3.60. The number of benzene rings is 1. The summed E-state index contributed by atoms with van der Waals surface area (Å²) in [6.45, 7) is 0.378. The predicted octanol–water partition coefficient (Wildman–Crippen LogP) is 2.99. The molecule has 0 radical (unpaired) electrons. The molecule has 20 heavy (non-hydrogen) atoms. The van der Waals surface area contributed by atoms with E-state index in [1.165, 1.54) is 29.5 Å². The summed E-state index contributed by atoms with van der Waals surface area (Å²) < 4.78 is 27.5. The smallest absolute Gasteiger partial charge is 0.240 e. The van der Waals surface area contributed by atoms with Gasteiger partial charge in [-0.1, -0.05) is 23.2 Å². The van der Waals surface area contributed by atoms with Crippen molar-refractivity contribution in [3.8, 4) is 0 Å². The van der Waals surface area contributed by atoms with Crippen molar-refractivity contribution < 1.29 is 8.42 Å². The van der Waals surface area contributed by atoms with Crippen molar-refractivity contribution in [1.29, 1.82) is 0 Å². The Hall–Kier alpha value is -0.630. The molecule has 4 nitrogen and oxygen atoms in total. The van der Waals surface area contributed by atoms with Crippen LogP contribution in [0.2, 0.25) is 9.36 Å². The molecule has 0 saturated heterocycles. The Morgan fingerprint density at radius 1 is 1.20 bits per heavy atom. The number of sulfonamides is 1. The molecule has 0 spiro atoms. The van der Waals surface area contributed by atoms with Crippen LogP contribution in [0.15, 0.2) is 35.2 Å². The van der Waals surface area contributed by atoms with Crippen LogP contribution in [-0.4, -0.2) is 8.42 Å². The van der Waals surface area contributed by atoms with Crippen LogP contribution < -0.4 is 10.5 Å². The molecule has 0 amide bonds. The molecular weight excluding hydrogens is 339 g/mol. The minimum absolute atomic E-state index is 0.144. The van der Waals surface area contributed by atoms with Crippen LogP contribution in [0.4, 0.5) is 0 Å². The highest BCUT2D eigenvalue weighted by atomic mass is 35.5. The van der Waals surface area contributed by atoms with Gasteiger partial charge in [-0.25, -0.2) is 13.1 Å². The second-order valence-corrected chi connectivity index (χ2v) is 7.96.